The van der Waals surface area contributed by atoms with E-state index in [2.05, 4.69) is 0 Å². The van der Waals surface area contributed by atoms with Crippen molar-refractivity contribution >= 4 is 5.91 Å². The average molecular weight is 228 g/mol. The maximum absolute atomic E-state index is 12.2. The minimum Gasteiger partial charge on any atom is -0.395 e. The van der Waals surface area contributed by atoms with Gasteiger partial charge in [0, 0.05) is 18.6 Å². The van der Waals surface area contributed by atoms with Gasteiger partial charge in [-0.25, -0.2) is 0 Å². The monoisotopic (exact) mass is 228 g/mol. The molecule has 1 aliphatic carbocycles. The first-order valence-electron chi connectivity index (χ1n) is 6.24. The van der Waals surface area contributed by atoms with Crippen LogP contribution >= 0.6 is 0 Å². The standard InChI is InChI=1S/C12H24N2O2/c1-9(10(2)13)12(16)14(7-8-15)11-5-3-4-6-11/h9-11,15H,3-8,13H2,1-2H3. The first-order chi connectivity index (χ1) is 7.57. The summed E-state index contributed by atoms with van der Waals surface area (Å²) >= 11 is 0. The molecule has 1 aliphatic rings. The quantitative estimate of drug-likeness (QED) is 0.729. The molecule has 3 N–H and O–H groups in total. The molecule has 1 rings (SSSR count). The van der Waals surface area contributed by atoms with Gasteiger partial charge in [0.15, 0.2) is 0 Å². The number of aliphatic hydroxyl groups is 1. The molecule has 2 unspecified atom stereocenters. The molecular formula is C12H24N2O2. The van der Waals surface area contributed by atoms with Crippen LogP contribution in [-0.2, 0) is 4.79 Å². The van der Waals surface area contributed by atoms with Gasteiger partial charge in [0.1, 0.15) is 0 Å². The lowest BCUT2D eigenvalue weighted by Gasteiger charge is -2.31. The van der Waals surface area contributed by atoms with Gasteiger partial charge in [-0.3, -0.25) is 4.79 Å². The second-order valence-electron chi connectivity index (χ2n) is 4.84. The Kier molecular flexibility index (Phi) is 5.22. The van der Waals surface area contributed by atoms with E-state index in [1.807, 2.05) is 18.7 Å². The normalized spacial score (nSPS) is 20.8. The first kappa shape index (κ1) is 13.5. The predicted molar refractivity (Wildman–Crippen MR) is 63.9 cm³/mol. The number of hydrogen-bond acceptors (Lipinski definition) is 3. The summed E-state index contributed by atoms with van der Waals surface area (Å²) in [4.78, 5) is 14.0. The molecule has 0 spiro atoms. The van der Waals surface area contributed by atoms with E-state index in [-0.39, 0.29) is 24.5 Å². The molecule has 16 heavy (non-hydrogen) atoms. The van der Waals surface area contributed by atoms with Crippen LogP contribution < -0.4 is 5.73 Å². The van der Waals surface area contributed by atoms with Crippen LogP contribution in [0, 0.1) is 5.92 Å². The van der Waals surface area contributed by atoms with Gasteiger partial charge in [0.25, 0.3) is 0 Å². The number of carbonyl (C=O) groups is 1. The van der Waals surface area contributed by atoms with Gasteiger partial charge in [-0.2, -0.15) is 0 Å². The van der Waals surface area contributed by atoms with E-state index >= 15 is 0 Å². The van der Waals surface area contributed by atoms with E-state index < -0.39 is 0 Å². The highest BCUT2D eigenvalue weighted by atomic mass is 16.3. The molecule has 4 heteroatoms. The summed E-state index contributed by atoms with van der Waals surface area (Å²) in [6.07, 6.45) is 4.51. The van der Waals surface area contributed by atoms with Gasteiger partial charge in [0.2, 0.25) is 5.91 Å². The van der Waals surface area contributed by atoms with Crippen LogP contribution in [0.15, 0.2) is 0 Å². The lowest BCUT2D eigenvalue weighted by atomic mass is 10.0. The zero-order chi connectivity index (χ0) is 12.1. The topological polar surface area (TPSA) is 66.6 Å². The first-order valence-corrected chi connectivity index (χ1v) is 6.24. The molecule has 4 nitrogen and oxygen atoms in total. The van der Waals surface area contributed by atoms with Crippen LogP contribution in [0.25, 0.3) is 0 Å². The number of nitrogens with two attached hydrogens (primary N) is 1. The molecule has 0 aromatic heterocycles. The molecule has 0 aliphatic heterocycles. The fourth-order valence-corrected chi connectivity index (χ4v) is 2.28. The second kappa shape index (κ2) is 6.21. The summed E-state index contributed by atoms with van der Waals surface area (Å²) in [6.45, 7) is 4.20. The summed E-state index contributed by atoms with van der Waals surface area (Å²) in [5, 5.41) is 9.04. The fourth-order valence-electron chi connectivity index (χ4n) is 2.28. The highest BCUT2D eigenvalue weighted by Gasteiger charge is 2.30. The molecule has 2 atom stereocenters. The second-order valence-corrected chi connectivity index (χ2v) is 4.84. The molecule has 0 aromatic carbocycles. The van der Waals surface area contributed by atoms with Crippen molar-refractivity contribution in [3.05, 3.63) is 0 Å². The zero-order valence-electron chi connectivity index (χ0n) is 10.4. The van der Waals surface area contributed by atoms with E-state index in [1.165, 1.54) is 12.8 Å². The molecule has 0 bridgehead atoms. The molecule has 0 radical (unpaired) electrons. The number of aliphatic hydroxyl groups excluding tert-OH is 1. The Morgan fingerprint density at radius 3 is 2.44 bits per heavy atom. The lowest BCUT2D eigenvalue weighted by molar-refractivity contribution is -0.138. The minimum absolute atomic E-state index is 0.0356. The highest BCUT2D eigenvalue weighted by Crippen LogP contribution is 2.24. The minimum atomic E-state index is -0.160. The van der Waals surface area contributed by atoms with Gasteiger partial charge in [-0.15, -0.1) is 0 Å². The van der Waals surface area contributed by atoms with Gasteiger partial charge in [-0.05, 0) is 19.8 Å². The Morgan fingerprint density at radius 1 is 1.44 bits per heavy atom. The van der Waals surface area contributed by atoms with Gasteiger partial charge >= 0.3 is 0 Å². The fraction of sp³-hybridized carbons (Fsp3) is 0.917. The third-order valence-corrected chi connectivity index (χ3v) is 3.57. The van der Waals surface area contributed by atoms with Gasteiger partial charge in [-0.1, -0.05) is 19.8 Å². The molecule has 94 valence electrons. The molecule has 0 heterocycles. The summed E-state index contributed by atoms with van der Waals surface area (Å²) < 4.78 is 0. The van der Waals surface area contributed by atoms with Crippen molar-refractivity contribution in [3.8, 4) is 0 Å². The number of carbonyl (C=O) groups excluding carboxylic acids is 1. The van der Waals surface area contributed by atoms with Crippen molar-refractivity contribution in [3.63, 3.8) is 0 Å². The van der Waals surface area contributed by atoms with E-state index in [0.29, 0.717) is 12.6 Å². The van der Waals surface area contributed by atoms with Crippen LogP contribution in [0.2, 0.25) is 0 Å². The number of amides is 1. The van der Waals surface area contributed by atoms with Crippen LogP contribution in [0.5, 0.6) is 0 Å². The Bertz CT molecular complexity index is 225. The van der Waals surface area contributed by atoms with Crippen molar-refractivity contribution in [2.24, 2.45) is 11.7 Å². The van der Waals surface area contributed by atoms with Crippen LogP contribution in [-0.4, -0.2) is 41.1 Å². The summed E-state index contributed by atoms with van der Waals surface area (Å²) in [5.41, 5.74) is 5.76. The molecule has 1 saturated carbocycles. The van der Waals surface area contributed by atoms with E-state index in [1.54, 1.807) is 0 Å². The third kappa shape index (κ3) is 3.19. The largest absolute Gasteiger partial charge is 0.395 e. The molecule has 0 aromatic rings. The Hall–Kier alpha value is -0.610. The lowest BCUT2D eigenvalue weighted by Crippen LogP contribution is -2.47. The Morgan fingerprint density at radius 2 is 2.00 bits per heavy atom. The zero-order valence-corrected chi connectivity index (χ0v) is 10.4. The summed E-state index contributed by atoms with van der Waals surface area (Å²) in [6, 6.07) is 0.191. The van der Waals surface area contributed by atoms with Crippen molar-refractivity contribution < 1.29 is 9.90 Å². The molecular weight excluding hydrogens is 204 g/mol. The maximum atomic E-state index is 12.2. The van der Waals surface area contributed by atoms with E-state index in [0.717, 1.165) is 12.8 Å². The van der Waals surface area contributed by atoms with Crippen molar-refractivity contribution in [2.45, 2.75) is 51.6 Å². The van der Waals surface area contributed by atoms with Crippen molar-refractivity contribution in [2.75, 3.05) is 13.2 Å². The van der Waals surface area contributed by atoms with Gasteiger partial charge in [0.05, 0.1) is 12.5 Å². The van der Waals surface area contributed by atoms with E-state index in [9.17, 15) is 4.79 Å². The Balaban J connectivity index is 2.64. The van der Waals surface area contributed by atoms with E-state index in [4.69, 9.17) is 10.8 Å². The van der Waals surface area contributed by atoms with Crippen LogP contribution in [0.1, 0.15) is 39.5 Å². The predicted octanol–water partition coefficient (Wildman–Crippen LogP) is 0.733. The van der Waals surface area contributed by atoms with Gasteiger partial charge < -0.3 is 15.7 Å². The number of rotatable bonds is 5. The number of hydrogen-bond donors (Lipinski definition) is 2. The molecule has 1 amide bonds. The highest BCUT2D eigenvalue weighted by molar-refractivity contribution is 5.79. The summed E-state index contributed by atoms with van der Waals surface area (Å²) in [7, 11) is 0. The summed E-state index contributed by atoms with van der Waals surface area (Å²) in [5.74, 6) is -0.0666. The van der Waals surface area contributed by atoms with Crippen LogP contribution in [0.4, 0.5) is 0 Å². The molecule has 0 saturated heterocycles. The SMILES string of the molecule is CC(N)C(C)C(=O)N(CCO)C1CCCC1. The smallest absolute Gasteiger partial charge is 0.227 e. The Labute approximate surface area is 97.8 Å². The van der Waals surface area contributed by atoms with Crippen molar-refractivity contribution in [1.29, 1.82) is 0 Å². The van der Waals surface area contributed by atoms with Crippen LogP contribution in [0.3, 0.4) is 0 Å². The van der Waals surface area contributed by atoms with Crippen molar-refractivity contribution in [1.82, 2.24) is 4.90 Å². The maximum Gasteiger partial charge on any atom is 0.227 e. The third-order valence-electron chi connectivity index (χ3n) is 3.57. The average Bonchev–Trinajstić information content (AvgIpc) is 2.76. The molecule has 1 fully saturated rings. The number of nitrogens with zero attached hydrogens (tertiary/aromatic N) is 1.